The molecule has 114 valence electrons. The van der Waals surface area contributed by atoms with Gasteiger partial charge in [-0.05, 0) is 23.8 Å². The van der Waals surface area contributed by atoms with Crippen molar-refractivity contribution in [2.75, 3.05) is 12.3 Å². The summed E-state index contributed by atoms with van der Waals surface area (Å²) in [5.41, 5.74) is 0. The number of sulfonamides is 1. The van der Waals surface area contributed by atoms with Gasteiger partial charge >= 0.3 is 0 Å². The van der Waals surface area contributed by atoms with Crippen molar-refractivity contribution in [1.29, 1.82) is 0 Å². The molecular formula is C13H17N3O3S2. The van der Waals surface area contributed by atoms with E-state index >= 15 is 0 Å². The van der Waals surface area contributed by atoms with Crippen LogP contribution in [0.4, 0.5) is 0 Å². The van der Waals surface area contributed by atoms with E-state index in [1.54, 1.807) is 0 Å². The fraction of sp³-hybridized carbons (Fsp3) is 0.538. The summed E-state index contributed by atoms with van der Waals surface area (Å²) >= 11 is 1.52. The molecule has 0 spiro atoms. The fourth-order valence-electron chi connectivity index (χ4n) is 2.57. The molecule has 0 bridgehead atoms. The van der Waals surface area contributed by atoms with Crippen molar-refractivity contribution < 1.29 is 12.9 Å². The highest BCUT2D eigenvalue weighted by molar-refractivity contribution is 7.89. The molecule has 3 heterocycles. The van der Waals surface area contributed by atoms with Crippen molar-refractivity contribution in [3.05, 3.63) is 23.4 Å². The molecule has 0 N–H and O–H groups in total. The quantitative estimate of drug-likeness (QED) is 0.862. The Morgan fingerprint density at radius 3 is 2.81 bits per heavy atom. The lowest BCUT2D eigenvalue weighted by Crippen LogP contribution is -2.33. The van der Waals surface area contributed by atoms with Crippen LogP contribution in [0.1, 0.15) is 32.2 Å². The van der Waals surface area contributed by atoms with Crippen LogP contribution < -0.4 is 0 Å². The van der Waals surface area contributed by atoms with Crippen LogP contribution in [0.2, 0.25) is 0 Å². The lowest BCUT2D eigenvalue weighted by molar-refractivity contribution is 0.214. The average molecular weight is 327 g/mol. The van der Waals surface area contributed by atoms with E-state index in [1.165, 1.54) is 15.6 Å². The second kappa shape index (κ2) is 5.51. The third kappa shape index (κ3) is 2.75. The highest BCUT2D eigenvalue weighted by Gasteiger charge is 2.39. The van der Waals surface area contributed by atoms with Crippen molar-refractivity contribution in [3.8, 4) is 10.7 Å². The SMILES string of the molecule is CC(C)C(c1nc(-c2cccs2)no1)N1CCCS1(=O)=O. The minimum atomic E-state index is -3.22. The van der Waals surface area contributed by atoms with Gasteiger partial charge in [-0.1, -0.05) is 25.1 Å². The van der Waals surface area contributed by atoms with Gasteiger partial charge in [-0.2, -0.15) is 9.29 Å². The Balaban J connectivity index is 1.95. The van der Waals surface area contributed by atoms with Gasteiger partial charge in [0.15, 0.2) is 0 Å². The van der Waals surface area contributed by atoms with Crippen molar-refractivity contribution in [2.24, 2.45) is 5.92 Å². The molecule has 8 heteroatoms. The first-order chi connectivity index (χ1) is 9.99. The maximum absolute atomic E-state index is 12.2. The van der Waals surface area contributed by atoms with Crippen molar-refractivity contribution in [1.82, 2.24) is 14.4 Å². The molecule has 1 aliphatic heterocycles. The van der Waals surface area contributed by atoms with E-state index in [0.29, 0.717) is 24.7 Å². The van der Waals surface area contributed by atoms with Crippen LogP contribution >= 0.6 is 11.3 Å². The zero-order chi connectivity index (χ0) is 15.0. The average Bonchev–Trinajstić information content (AvgIpc) is 3.11. The number of aromatic nitrogens is 2. The van der Waals surface area contributed by atoms with E-state index in [-0.39, 0.29) is 11.7 Å². The Kier molecular flexibility index (Phi) is 3.85. The van der Waals surface area contributed by atoms with E-state index in [0.717, 1.165) is 4.88 Å². The molecule has 0 aromatic carbocycles. The highest BCUT2D eigenvalue weighted by Crippen LogP contribution is 2.34. The van der Waals surface area contributed by atoms with Gasteiger partial charge in [0.05, 0.1) is 10.6 Å². The summed E-state index contributed by atoms with van der Waals surface area (Å²) in [7, 11) is -3.22. The largest absolute Gasteiger partial charge is 0.337 e. The molecule has 3 rings (SSSR count). The predicted octanol–water partition coefficient (Wildman–Crippen LogP) is 2.53. The predicted molar refractivity (Wildman–Crippen MR) is 80.3 cm³/mol. The second-order valence-corrected chi connectivity index (χ2v) is 8.39. The number of rotatable bonds is 4. The van der Waals surface area contributed by atoms with Crippen LogP contribution in [-0.2, 0) is 10.0 Å². The molecule has 0 radical (unpaired) electrons. The summed E-state index contributed by atoms with van der Waals surface area (Å²) in [6, 6.07) is 3.44. The maximum Gasteiger partial charge on any atom is 0.245 e. The Labute approximate surface area is 127 Å². The molecule has 1 unspecified atom stereocenters. The molecule has 2 aromatic heterocycles. The van der Waals surface area contributed by atoms with E-state index in [9.17, 15) is 8.42 Å². The van der Waals surface area contributed by atoms with Crippen LogP contribution in [-0.4, -0.2) is 35.2 Å². The zero-order valence-corrected chi connectivity index (χ0v) is 13.5. The summed E-state index contributed by atoms with van der Waals surface area (Å²) in [4.78, 5) is 5.32. The number of thiophene rings is 1. The third-order valence-corrected chi connectivity index (χ3v) is 6.31. The molecule has 1 aliphatic rings. The van der Waals surface area contributed by atoms with Gasteiger partial charge in [0.25, 0.3) is 0 Å². The first-order valence-corrected chi connectivity index (χ1v) is 9.35. The molecule has 1 atom stereocenters. The summed E-state index contributed by atoms with van der Waals surface area (Å²) in [6.45, 7) is 4.45. The van der Waals surface area contributed by atoms with Crippen LogP contribution in [0, 0.1) is 5.92 Å². The highest BCUT2D eigenvalue weighted by atomic mass is 32.2. The fourth-order valence-corrected chi connectivity index (χ4v) is 5.04. The molecule has 21 heavy (non-hydrogen) atoms. The minimum absolute atomic E-state index is 0.0644. The van der Waals surface area contributed by atoms with Gasteiger partial charge < -0.3 is 4.52 Å². The lowest BCUT2D eigenvalue weighted by atomic mass is 10.0. The van der Waals surface area contributed by atoms with Crippen LogP contribution in [0.5, 0.6) is 0 Å². The first kappa shape index (κ1) is 14.7. The molecule has 0 amide bonds. The van der Waals surface area contributed by atoms with Gasteiger partial charge in [-0.3, -0.25) is 0 Å². The topological polar surface area (TPSA) is 76.3 Å². The van der Waals surface area contributed by atoms with E-state index in [4.69, 9.17) is 4.52 Å². The normalized spacial score (nSPS) is 20.1. The summed E-state index contributed by atoms with van der Waals surface area (Å²) in [5, 5.41) is 5.92. The summed E-state index contributed by atoms with van der Waals surface area (Å²) in [5.74, 6) is 1.15. The Hall–Kier alpha value is -1.25. The van der Waals surface area contributed by atoms with Gasteiger partial charge in [0.2, 0.25) is 21.7 Å². The monoisotopic (exact) mass is 327 g/mol. The van der Waals surface area contributed by atoms with Gasteiger partial charge in [0, 0.05) is 6.54 Å². The third-order valence-electron chi connectivity index (χ3n) is 3.52. The smallest absolute Gasteiger partial charge is 0.245 e. The number of hydrogen-bond donors (Lipinski definition) is 0. The summed E-state index contributed by atoms with van der Waals surface area (Å²) < 4.78 is 31.2. The molecule has 0 saturated carbocycles. The minimum Gasteiger partial charge on any atom is -0.337 e. The molecule has 6 nitrogen and oxygen atoms in total. The second-order valence-electron chi connectivity index (χ2n) is 5.40. The standard InChI is InChI=1S/C13H17N3O3S2/c1-9(2)11(16-6-4-8-21(16,17)18)13-14-12(15-19-13)10-5-3-7-20-10/h3,5,7,9,11H,4,6,8H2,1-2H3. The Bertz CT molecular complexity index is 707. The molecule has 2 aromatic rings. The van der Waals surface area contributed by atoms with E-state index in [2.05, 4.69) is 10.1 Å². The van der Waals surface area contributed by atoms with E-state index < -0.39 is 16.1 Å². The van der Waals surface area contributed by atoms with E-state index in [1.807, 2.05) is 31.4 Å². The van der Waals surface area contributed by atoms with Gasteiger partial charge in [0.1, 0.15) is 6.04 Å². The first-order valence-electron chi connectivity index (χ1n) is 6.86. The number of nitrogens with zero attached hydrogens (tertiary/aromatic N) is 3. The van der Waals surface area contributed by atoms with Gasteiger partial charge in [-0.15, -0.1) is 11.3 Å². The Morgan fingerprint density at radius 2 is 2.24 bits per heavy atom. The lowest BCUT2D eigenvalue weighted by Gasteiger charge is -2.26. The van der Waals surface area contributed by atoms with Gasteiger partial charge in [-0.25, -0.2) is 8.42 Å². The van der Waals surface area contributed by atoms with Crippen molar-refractivity contribution in [2.45, 2.75) is 26.3 Å². The molecular weight excluding hydrogens is 310 g/mol. The van der Waals surface area contributed by atoms with Crippen LogP contribution in [0.3, 0.4) is 0 Å². The van der Waals surface area contributed by atoms with Crippen LogP contribution in [0.15, 0.2) is 22.0 Å². The number of hydrogen-bond acceptors (Lipinski definition) is 6. The van der Waals surface area contributed by atoms with Crippen molar-refractivity contribution >= 4 is 21.4 Å². The maximum atomic E-state index is 12.2. The molecule has 1 saturated heterocycles. The zero-order valence-electron chi connectivity index (χ0n) is 11.9. The summed E-state index contributed by atoms with van der Waals surface area (Å²) in [6.07, 6.45) is 0.650. The molecule has 1 fully saturated rings. The van der Waals surface area contributed by atoms with Crippen LogP contribution in [0.25, 0.3) is 10.7 Å². The Morgan fingerprint density at radius 1 is 1.43 bits per heavy atom. The molecule has 0 aliphatic carbocycles. The van der Waals surface area contributed by atoms with Crippen molar-refractivity contribution in [3.63, 3.8) is 0 Å².